The van der Waals surface area contributed by atoms with E-state index in [2.05, 4.69) is 5.32 Å². The molecular weight excluding hydrogens is 533 g/mol. The number of unbranched alkanes of at least 4 members (excludes halogenated alkanes) is 1. The van der Waals surface area contributed by atoms with Crippen molar-refractivity contribution in [3.8, 4) is 5.75 Å². The summed E-state index contributed by atoms with van der Waals surface area (Å²) in [4.78, 5) is 27.7. The average molecular weight is 570 g/mol. The summed E-state index contributed by atoms with van der Waals surface area (Å²) < 4.78 is 45.8. The van der Waals surface area contributed by atoms with Crippen molar-refractivity contribution in [1.82, 2.24) is 10.2 Å². The highest BCUT2D eigenvalue weighted by Crippen LogP contribution is 2.23. The maximum absolute atomic E-state index is 13.6. The lowest BCUT2D eigenvalue weighted by atomic mass is 10.1. The second-order valence-electron chi connectivity index (χ2n) is 9.51. The number of benzene rings is 3. The van der Waals surface area contributed by atoms with Gasteiger partial charge in [0.2, 0.25) is 21.8 Å². The molecule has 0 aliphatic rings. The van der Waals surface area contributed by atoms with E-state index in [-0.39, 0.29) is 18.1 Å². The predicted molar refractivity (Wildman–Crippen MR) is 154 cm³/mol. The number of hydrogen-bond donors (Lipinski definition) is 1. The molecule has 0 unspecified atom stereocenters. The Morgan fingerprint density at radius 1 is 0.950 bits per heavy atom. The third-order valence-electron chi connectivity index (χ3n) is 6.32. The summed E-state index contributed by atoms with van der Waals surface area (Å²) in [5.74, 6) is -0.804. The third-order valence-corrected chi connectivity index (χ3v) is 7.46. The standard InChI is InChI=1S/C30H36FN3O5S/c1-4-5-19-32-30(36)23(2)33(20-24-11-13-26(31)14-12-24)29(35)21-34(40(3,37)38)27-15-17-28(18-16-27)39-22-25-9-7-6-8-10-25/h6-18,23H,4-5,19-22H2,1-3H3,(H,32,36)/t23-/m0/s1. The van der Waals surface area contributed by atoms with E-state index in [4.69, 9.17) is 4.74 Å². The van der Waals surface area contributed by atoms with Crippen LogP contribution < -0.4 is 14.4 Å². The smallest absolute Gasteiger partial charge is 0.244 e. The summed E-state index contributed by atoms with van der Waals surface area (Å²) in [6.45, 7) is 3.90. The van der Waals surface area contributed by atoms with E-state index in [9.17, 15) is 22.4 Å². The molecule has 0 aliphatic carbocycles. The van der Waals surface area contributed by atoms with Crippen LogP contribution in [0.5, 0.6) is 5.75 Å². The number of anilines is 1. The van der Waals surface area contributed by atoms with Crippen molar-refractivity contribution in [2.24, 2.45) is 0 Å². The first kappa shape index (κ1) is 30.6. The minimum atomic E-state index is -3.86. The minimum Gasteiger partial charge on any atom is -0.489 e. The predicted octanol–water partition coefficient (Wildman–Crippen LogP) is 4.50. The Morgan fingerprint density at radius 3 is 2.20 bits per heavy atom. The molecule has 0 fully saturated rings. The first-order valence-corrected chi connectivity index (χ1v) is 15.0. The molecule has 3 aromatic rings. The van der Waals surface area contributed by atoms with Gasteiger partial charge in [0.05, 0.1) is 11.9 Å². The molecule has 0 heterocycles. The number of ether oxygens (including phenoxy) is 1. The van der Waals surface area contributed by atoms with Crippen LogP contribution in [0.2, 0.25) is 0 Å². The number of hydrogen-bond acceptors (Lipinski definition) is 5. The fourth-order valence-electron chi connectivity index (χ4n) is 3.97. The summed E-state index contributed by atoms with van der Waals surface area (Å²) in [5.41, 5.74) is 1.88. The Hall–Kier alpha value is -3.92. The van der Waals surface area contributed by atoms with Gasteiger partial charge in [0.1, 0.15) is 30.8 Å². The van der Waals surface area contributed by atoms with Crippen molar-refractivity contribution < 1.29 is 27.1 Å². The lowest BCUT2D eigenvalue weighted by Gasteiger charge is -2.31. The molecule has 0 bridgehead atoms. The van der Waals surface area contributed by atoms with E-state index in [1.807, 2.05) is 37.3 Å². The molecule has 40 heavy (non-hydrogen) atoms. The number of nitrogens with one attached hydrogen (secondary N) is 1. The maximum Gasteiger partial charge on any atom is 0.244 e. The van der Waals surface area contributed by atoms with Gasteiger partial charge < -0.3 is 15.0 Å². The van der Waals surface area contributed by atoms with Gasteiger partial charge in [-0.2, -0.15) is 0 Å². The van der Waals surface area contributed by atoms with Crippen LogP contribution in [-0.2, 0) is 32.8 Å². The summed E-state index contributed by atoms with van der Waals surface area (Å²) in [6.07, 6.45) is 2.70. The molecule has 10 heteroatoms. The van der Waals surface area contributed by atoms with Gasteiger partial charge in [-0.3, -0.25) is 13.9 Å². The zero-order valence-corrected chi connectivity index (χ0v) is 23.9. The van der Waals surface area contributed by atoms with Crippen LogP contribution in [0.25, 0.3) is 0 Å². The van der Waals surface area contributed by atoms with E-state index >= 15 is 0 Å². The SMILES string of the molecule is CCCCNC(=O)[C@H](C)N(Cc1ccc(F)cc1)C(=O)CN(c1ccc(OCc2ccccc2)cc1)S(C)(=O)=O. The molecule has 1 N–H and O–H groups in total. The molecule has 0 aromatic heterocycles. The number of amides is 2. The fourth-order valence-corrected chi connectivity index (χ4v) is 4.82. The van der Waals surface area contributed by atoms with Gasteiger partial charge in [0, 0.05) is 13.1 Å². The second-order valence-corrected chi connectivity index (χ2v) is 11.4. The van der Waals surface area contributed by atoms with Gasteiger partial charge in [-0.1, -0.05) is 55.8 Å². The van der Waals surface area contributed by atoms with E-state index in [1.165, 1.54) is 29.2 Å². The molecule has 0 saturated carbocycles. The molecule has 8 nitrogen and oxygen atoms in total. The monoisotopic (exact) mass is 569 g/mol. The fraction of sp³-hybridized carbons (Fsp3) is 0.333. The average Bonchev–Trinajstić information content (AvgIpc) is 2.94. The van der Waals surface area contributed by atoms with Gasteiger partial charge in [0.15, 0.2) is 0 Å². The summed E-state index contributed by atoms with van der Waals surface area (Å²) >= 11 is 0. The highest BCUT2D eigenvalue weighted by molar-refractivity contribution is 7.92. The van der Waals surface area contributed by atoms with Gasteiger partial charge >= 0.3 is 0 Å². The van der Waals surface area contributed by atoms with Crippen LogP contribution >= 0.6 is 0 Å². The lowest BCUT2D eigenvalue weighted by molar-refractivity contribution is -0.139. The van der Waals surface area contributed by atoms with Gasteiger partial charge in [-0.05, 0) is 60.9 Å². The number of halogens is 1. The number of carbonyl (C=O) groups excluding carboxylic acids is 2. The highest BCUT2D eigenvalue weighted by atomic mass is 32.2. The molecule has 2 amide bonds. The second kappa shape index (κ2) is 14.5. The number of sulfonamides is 1. The molecular formula is C30H36FN3O5S. The molecule has 0 spiro atoms. The van der Waals surface area contributed by atoms with Crippen LogP contribution in [-0.4, -0.2) is 50.5 Å². The van der Waals surface area contributed by atoms with Crippen molar-refractivity contribution in [2.45, 2.75) is 45.9 Å². The number of nitrogens with zero attached hydrogens (tertiary/aromatic N) is 2. The highest BCUT2D eigenvalue weighted by Gasteiger charge is 2.30. The van der Waals surface area contributed by atoms with Crippen LogP contribution in [0.15, 0.2) is 78.9 Å². The van der Waals surface area contributed by atoms with Gasteiger partial charge in [0.25, 0.3) is 0 Å². The first-order valence-electron chi connectivity index (χ1n) is 13.1. The number of carbonyl (C=O) groups is 2. The lowest BCUT2D eigenvalue weighted by Crippen LogP contribution is -2.51. The zero-order chi connectivity index (χ0) is 29.1. The summed E-state index contributed by atoms with van der Waals surface area (Å²) in [5, 5.41) is 2.82. The summed E-state index contributed by atoms with van der Waals surface area (Å²) in [7, 11) is -3.86. The van der Waals surface area contributed by atoms with E-state index in [1.54, 1.807) is 31.2 Å². The van der Waals surface area contributed by atoms with Crippen LogP contribution in [0.4, 0.5) is 10.1 Å². The van der Waals surface area contributed by atoms with Gasteiger partial charge in [-0.15, -0.1) is 0 Å². The zero-order valence-electron chi connectivity index (χ0n) is 23.0. The van der Waals surface area contributed by atoms with Gasteiger partial charge in [-0.25, -0.2) is 12.8 Å². The van der Waals surface area contributed by atoms with Crippen molar-refractivity contribution in [3.05, 3.63) is 95.8 Å². The normalized spacial score (nSPS) is 11.9. The van der Waals surface area contributed by atoms with E-state index in [0.29, 0.717) is 24.5 Å². The van der Waals surface area contributed by atoms with Crippen LogP contribution in [0, 0.1) is 5.82 Å². The largest absolute Gasteiger partial charge is 0.489 e. The van der Waals surface area contributed by atoms with E-state index in [0.717, 1.165) is 29.0 Å². The molecule has 0 radical (unpaired) electrons. The van der Waals surface area contributed by atoms with Crippen molar-refractivity contribution in [2.75, 3.05) is 23.7 Å². The Balaban J connectivity index is 1.79. The molecule has 3 rings (SSSR count). The first-order chi connectivity index (χ1) is 19.1. The molecule has 214 valence electrons. The van der Waals surface area contributed by atoms with Crippen LogP contribution in [0.3, 0.4) is 0 Å². The minimum absolute atomic E-state index is 0.00530. The van der Waals surface area contributed by atoms with Crippen molar-refractivity contribution in [1.29, 1.82) is 0 Å². The molecule has 1 atom stereocenters. The molecule has 0 saturated heterocycles. The maximum atomic E-state index is 13.6. The molecule has 0 aliphatic heterocycles. The van der Waals surface area contributed by atoms with Crippen molar-refractivity contribution >= 4 is 27.5 Å². The van der Waals surface area contributed by atoms with E-state index < -0.39 is 34.3 Å². The topological polar surface area (TPSA) is 96.0 Å². The Morgan fingerprint density at radius 2 is 1.60 bits per heavy atom. The summed E-state index contributed by atoms with van der Waals surface area (Å²) in [6, 6.07) is 20.8. The quantitative estimate of drug-likeness (QED) is 0.289. The Bertz CT molecular complexity index is 1350. The Kier molecular flexibility index (Phi) is 11.1. The molecule has 3 aromatic carbocycles. The van der Waals surface area contributed by atoms with Crippen LogP contribution in [0.1, 0.15) is 37.8 Å². The number of rotatable bonds is 14. The third kappa shape index (κ3) is 9.08. The van der Waals surface area contributed by atoms with Crippen molar-refractivity contribution in [3.63, 3.8) is 0 Å². The Labute approximate surface area is 235 Å².